The fourth-order valence-corrected chi connectivity index (χ4v) is 5.01. The van der Waals surface area contributed by atoms with Crippen LogP contribution in [0.15, 0.2) is 42.7 Å². The summed E-state index contributed by atoms with van der Waals surface area (Å²) in [6, 6.07) is 9.98. The molecular weight excluding hydrogens is 366 g/mol. The highest BCUT2D eigenvalue weighted by molar-refractivity contribution is 5.83. The van der Waals surface area contributed by atoms with Crippen LogP contribution in [-0.2, 0) is 4.79 Å². The SMILES string of the molecule is O=C(C1NNC2CCCC21)N1CCCC(c2nccnc2Oc2ccccc2)C1. The first kappa shape index (κ1) is 18.5. The van der Waals surface area contributed by atoms with Crippen molar-refractivity contribution in [3.63, 3.8) is 0 Å². The molecule has 2 N–H and O–H groups in total. The van der Waals surface area contributed by atoms with Crippen molar-refractivity contribution in [2.24, 2.45) is 5.92 Å². The highest BCUT2D eigenvalue weighted by Crippen LogP contribution is 2.35. The number of nitrogens with one attached hydrogen (secondary N) is 2. The first-order valence-corrected chi connectivity index (χ1v) is 10.6. The third-order valence-electron chi connectivity index (χ3n) is 6.46. The number of rotatable bonds is 4. The molecule has 7 nitrogen and oxygen atoms in total. The maximum Gasteiger partial charge on any atom is 0.241 e. The molecule has 0 spiro atoms. The molecule has 5 rings (SSSR count). The number of aromatic nitrogens is 2. The van der Waals surface area contributed by atoms with Crippen LogP contribution in [0.2, 0.25) is 0 Å². The van der Waals surface area contributed by atoms with E-state index in [1.165, 1.54) is 6.42 Å². The minimum atomic E-state index is -0.108. The number of amides is 1. The smallest absolute Gasteiger partial charge is 0.241 e. The second-order valence-corrected chi connectivity index (χ2v) is 8.25. The minimum absolute atomic E-state index is 0.108. The van der Waals surface area contributed by atoms with E-state index < -0.39 is 0 Å². The first-order valence-electron chi connectivity index (χ1n) is 10.6. The van der Waals surface area contributed by atoms with Gasteiger partial charge in [-0.25, -0.2) is 10.4 Å². The van der Waals surface area contributed by atoms with Crippen molar-refractivity contribution in [3.8, 4) is 11.6 Å². The topological polar surface area (TPSA) is 79.4 Å². The van der Waals surface area contributed by atoms with Gasteiger partial charge in [-0.1, -0.05) is 24.6 Å². The van der Waals surface area contributed by atoms with Crippen LogP contribution in [0.1, 0.15) is 43.7 Å². The summed E-state index contributed by atoms with van der Waals surface area (Å²) in [5.74, 6) is 2.04. The Morgan fingerprint density at radius 1 is 1.03 bits per heavy atom. The quantitative estimate of drug-likeness (QED) is 0.831. The Morgan fingerprint density at radius 2 is 1.90 bits per heavy atom. The molecule has 1 aromatic heterocycles. The lowest BCUT2D eigenvalue weighted by molar-refractivity contribution is -0.135. The molecule has 3 fully saturated rings. The molecule has 3 heterocycles. The molecule has 152 valence electrons. The van der Waals surface area contributed by atoms with Gasteiger partial charge in [-0.05, 0) is 37.8 Å². The minimum Gasteiger partial charge on any atom is -0.437 e. The number of hydrogen-bond donors (Lipinski definition) is 2. The Hall–Kier alpha value is -2.51. The Balaban J connectivity index is 1.32. The molecule has 3 aliphatic rings. The van der Waals surface area contributed by atoms with Gasteiger partial charge in [0.15, 0.2) is 0 Å². The third-order valence-corrected chi connectivity index (χ3v) is 6.46. The summed E-state index contributed by atoms with van der Waals surface area (Å²) in [7, 11) is 0. The van der Waals surface area contributed by atoms with Crippen LogP contribution >= 0.6 is 0 Å². The number of likely N-dealkylation sites (tertiary alicyclic amines) is 1. The molecule has 2 aliphatic heterocycles. The lowest BCUT2D eigenvalue weighted by atomic mass is 9.92. The van der Waals surface area contributed by atoms with Crippen molar-refractivity contribution in [3.05, 3.63) is 48.4 Å². The van der Waals surface area contributed by atoms with Crippen LogP contribution in [0.25, 0.3) is 0 Å². The van der Waals surface area contributed by atoms with E-state index in [0.717, 1.165) is 43.7 Å². The number of ether oxygens (including phenoxy) is 1. The van der Waals surface area contributed by atoms with Gasteiger partial charge in [0.05, 0.1) is 0 Å². The van der Waals surface area contributed by atoms with E-state index in [1.807, 2.05) is 35.2 Å². The van der Waals surface area contributed by atoms with Gasteiger partial charge in [0, 0.05) is 43.4 Å². The highest BCUT2D eigenvalue weighted by atomic mass is 16.5. The molecule has 29 heavy (non-hydrogen) atoms. The lowest BCUT2D eigenvalue weighted by Gasteiger charge is -2.35. The monoisotopic (exact) mass is 393 g/mol. The van der Waals surface area contributed by atoms with E-state index in [1.54, 1.807) is 12.4 Å². The standard InChI is InChI=1S/C22H27N5O2/c28-22(20-17-9-4-10-18(17)25-26-20)27-13-5-6-15(14-27)19-21(24-12-11-23-19)29-16-7-2-1-3-8-16/h1-3,7-8,11-12,15,17-18,20,25-26H,4-6,9-10,13-14H2. The zero-order valence-electron chi connectivity index (χ0n) is 16.5. The summed E-state index contributed by atoms with van der Waals surface area (Å²) in [5, 5.41) is 0. The average molecular weight is 393 g/mol. The Labute approximate surface area is 170 Å². The zero-order valence-corrected chi connectivity index (χ0v) is 16.5. The van der Waals surface area contributed by atoms with Crippen LogP contribution < -0.4 is 15.6 Å². The van der Waals surface area contributed by atoms with Crippen molar-refractivity contribution in [1.29, 1.82) is 0 Å². The molecule has 1 saturated carbocycles. The van der Waals surface area contributed by atoms with E-state index in [9.17, 15) is 4.79 Å². The normalized spacial score (nSPS) is 28.9. The number of nitrogens with zero attached hydrogens (tertiary/aromatic N) is 3. The molecule has 2 aromatic rings. The number of fused-ring (bicyclic) bond motifs is 1. The average Bonchev–Trinajstić information content (AvgIpc) is 3.39. The fourth-order valence-electron chi connectivity index (χ4n) is 5.01. The molecule has 1 aliphatic carbocycles. The van der Waals surface area contributed by atoms with Crippen molar-refractivity contribution in [1.82, 2.24) is 25.7 Å². The predicted molar refractivity (Wildman–Crippen MR) is 108 cm³/mol. The molecule has 4 unspecified atom stereocenters. The van der Waals surface area contributed by atoms with E-state index in [0.29, 0.717) is 24.4 Å². The van der Waals surface area contributed by atoms with Crippen molar-refractivity contribution in [2.75, 3.05) is 13.1 Å². The second kappa shape index (κ2) is 8.08. The van der Waals surface area contributed by atoms with Crippen molar-refractivity contribution in [2.45, 2.75) is 50.1 Å². The molecule has 4 atom stereocenters. The number of para-hydroxylation sites is 1. The second-order valence-electron chi connectivity index (χ2n) is 8.25. The van der Waals surface area contributed by atoms with E-state index in [2.05, 4.69) is 20.8 Å². The van der Waals surface area contributed by atoms with Crippen LogP contribution in [0.3, 0.4) is 0 Å². The van der Waals surface area contributed by atoms with Crippen molar-refractivity contribution < 1.29 is 9.53 Å². The van der Waals surface area contributed by atoms with E-state index in [-0.39, 0.29) is 17.9 Å². The van der Waals surface area contributed by atoms with Gasteiger partial charge >= 0.3 is 0 Å². The summed E-state index contributed by atoms with van der Waals surface area (Å²) >= 11 is 0. The van der Waals surface area contributed by atoms with Gasteiger partial charge in [-0.2, -0.15) is 0 Å². The number of carbonyl (C=O) groups excluding carboxylic acids is 1. The fraction of sp³-hybridized carbons (Fsp3) is 0.500. The molecule has 1 amide bonds. The molecule has 7 heteroatoms. The number of benzene rings is 1. The summed E-state index contributed by atoms with van der Waals surface area (Å²) in [6.07, 6.45) is 8.79. The van der Waals surface area contributed by atoms with Gasteiger partial charge in [-0.15, -0.1) is 0 Å². The molecule has 0 radical (unpaired) electrons. The number of hydrogen-bond acceptors (Lipinski definition) is 6. The van der Waals surface area contributed by atoms with Gasteiger partial charge in [0.25, 0.3) is 0 Å². The summed E-state index contributed by atoms with van der Waals surface area (Å²) < 4.78 is 6.02. The third kappa shape index (κ3) is 3.72. The Bertz CT molecular complexity index is 861. The van der Waals surface area contributed by atoms with Crippen molar-refractivity contribution >= 4 is 5.91 Å². The van der Waals surface area contributed by atoms with E-state index >= 15 is 0 Å². The number of carbonyl (C=O) groups is 1. The first-order chi connectivity index (χ1) is 14.3. The summed E-state index contributed by atoms with van der Waals surface area (Å²) in [6.45, 7) is 1.47. The molecule has 0 bridgehead atoms. The highest BCUT2D eigenvalue weighted by Gasteiger charge is 2.44. The van der Waals surface area contributed by atoms with Crippen LogP contribution in [0, 0.1) is 5.92 Å². The Kier molecular flexibility index (Phi) is 5.16. The maximum atomic E-state index is 13.3. The molecule has 1 aromatic carbocycles. The van der Waals surface area contributed by atoms with Gasteiger partial charge in [0.1, 0.15) is 17.5 Å². The van der Waals surface area contributed by atoms with E-state index in [4.69, 9.17) is 4.74 Å². The van der Waals surface area contributed by atoms with Gasteiger partial charge < -0.3 is 9.64 Å². The van der Waals surface area contributed by atoms with Gasteiger partial charge in [-0.3, -0.25) is 15.2 Å². The Morgan fingerprint density at radius 3 is 2.79 bits per heavy atom. The number of piperidine rings is 1. The number of hydrazine groups is 1. The molecule has 2 saturated heterocycles. The molecular formula is C22H27N5O2. The zero-order chi connectivity index (χ0) is 19.6. The summed E-state index contributed by atoms with van der Waals surface area (Å²) in [5.41, 5.74) is 7.43. The van der Waals surface area contributed by atoms with Crippen LogP contribution in [-0.4, -0.2) is 45.9 Å². The van der Waals surface area contributed by atoms with Gasteiger partial charge in [0.2, 0.25) is 11.8 Å². The van der Waals surface area contributed by atoms with Crippen LogP contribution in [0.5, 0.6) is 11.6 Å². The summed E-state index contributed by atoms with van der Waals surface area (Å²) in [4.78, 5) is 24.3. The van der Waals surface area contributed by atoms with Crippen LogP contribution in [0.4, 0.5) is 0 Å². The lowest BCUT2D eigenvalue weighted by Crippen LogP contribution is -2.50. The maximum absolute atomic E-state index is 13.3. The predicted octanol–water partition coefficient (Wildman–Crippen LogP) is 2.62. The largest absolute Gasteiger partial charge is 0.437 e.